The lowest BCUT2D eigenvalue weighted by atomic mass is 10.1. The van der Waals surface area contributed by atoms with Gasteiger partial charge in [0.1, 0.15) is 5.82 Å². The fourth-order valence-corrected chi connectivity index (χ4v) is 3.42. The Kier molecular flexibility index (Phi) is 4.52. The van der Waals surface area contributed by atoms with E-state index in [0.29, 0.717) is 17.9 Å². The van der Waals surface area contributed by atoms with Gasteiger partial charge in [0.25, 0.3) is 0 Å². The van der Waals surface area contributed by atoms with Gasteiger partial charge in [-0.1, -0.05) is 64.5 Å². The Morgan fingerprint density at radius 2 is 1.56 bits per heavy atom. The van der Waals surface area contributed by atoms with Gasteiger partial charge in [0, 0.05) is 16.6 Å². The van der Waals surface area contributed by atoms with Gasteiger partial charge in [-0.25, -0.2) is 4.98 Å². The summed E-state index contributed by atoms with van der Waals surface area (Å²) >= 11 is 3.39. The molecule has 0 fully saturated rings. The quantitative estimate of drug-likeness (QED) is 0.361. The highest BCUT2D eigenvalue weighted by molar-refractivity contribution is 9.10. The van der Waals surface area contributed by atoms with E-state index in [0.717, 1.165) is 21.7 Å². The molecule has 27 heavy (non-hydrogen) atoms. The van der Waals surface area contributed by atoms with Crippen molar-refractivity contribution >= 4 is 27.0 Å². The number of hydrogen-bond donors (Lipinski definition) is 0. The minimum atomic E-state index is -4.45. The number of rotatable bonds is 3. The molecule has 1 aromatic heterocycles. The molecule has 0 radical (unpaired) electrons. The molecule has 0 spiro atoms. The van der Waals surface area contributed by atoms with E-state index in [1.165, 1.54) is 6.07 Å². The Bertz CT molecular complexity index is 1080. The first-order valence-corrected chi connectivity index (χ1v) is 9.09. The lowest BCUT2D eigenvalue weighted by Crippen LogP contribution is -2.10. The second-order valence-electron chi connectivity index (χ2n) is 6.19. The highest BCUT2D eigenvalue weighted by atomic mass is 79.9. The Balaban J connectivity index is 1.99. The monoisotopic (exact) mass is 430 g/mol. The van der Waals surface area contributed by atoms with Crippen LogP contribution in [-0.2, 0) is 12.7 Å². The summed E-state index contributed by atoms with van der Waals surface area (Å²) in [7, 11) is 0. The summed E-state index contributed by atoms with van der Waals surface area (Å²) in [6.45, 7) is 0.301. The first-order valence-electron chi connectivity index (χ1n) is 8.30. The van der Waals surface area contributed by atoms with Crippen molar-refractivity contribution in [3.8, 4) is 11.4 Å². The van der Waals surface area contributed by atoms with Crippen molar-refractivity contribution < 1.29 is 13.2 Å². The van der Waals surface area contributed by atoms with Crippen molar-refractivity contribution in [3.05, 3.63) is 88.4 Å². The van der Waals surface area contributed by atoms with Gasteiger partial charge in [0.2, 0.25) is 0 Å². The molecule has 0 unspecified atom stereocenters. The lowest BCUT2D eigenvalue weighted by molar-refractivity contribution is -0.136. The number of fused-ring (bicyclic) bond motifs is 1. The number of benzene rings is 3. The number of nitrogens with zero attached hydrogens (tertiary/aromatic N) is 2. The van der Waals surface area contributed by atoms with Gasteiger partial charge < -0.3 is 4.57 Å². The third-order valence-electron chi connectivity index (χ3n) is 4.36. The molecule has 0 aliphatic carbocycles. The molecule has 0 aliphatic heterocycles. The molecule has 4 aromatic rings. The van der Waals surface area contributed by atoms with Crippen LogP contribution in [0.4, 0.5) is 13.2 Å². The van der Waals surface area contributed by atoms with E-state index >= 15 is 0 Å². The molecule has 4 rings (SSSR count). The number of para-hydroxylation sites is 1. The van der Waals surface area contributed by atoms with Crippen LogP contribution < -0.4 is 0 Å². The second kappa shape index (κ2) is 6.85. The largest absolute Gasteiger partial charge is 0.418 e. The average molecular weight is 431 g/mol. The van der Waals surface area contributed by atoms with Crippen molar-refractivity contribution in [2.75, 3.05) is 0 Å². The van der Waals surface area contributed by atoms with E-state index in [-0.39, 0.29) is 5.52 Å². The predicted octanol–water partition coefficient (Wildman–Crippen LogP) is 6.53. The Morgan fingerprint density at radius 3 is 2.22 bits per heavy atom. The van der Waals surface area contributed by atoms with Crippen molar-refractivity contribution in [1.82, 2.24) is 9.55 Å². The lowest BCUT2D eigenvalue weighted by Gasteiger charge is -2.14. The van der Waals surface area contributed by atoms with Gasteiger partial charge in [-0.15, -0.1) is 0 Å². The summed E-state index contributed by atoms with van der Waals surface area (Å²) in [5, 5.41) is 0. The summed E-state index contributed by atoms with van der Waals surface area (Å²) in [6.07, 6.45) is -4.45. The predicted molar refractivity (Wildman–Crippen MR) is 103 cm³/mol. The number of halogens is 4. The van der Waals surface area contributed by atoms with Crippen LogP contribution >= 0.6 is 15.9 Å². The van der Waals surface area contributed by atoms with Gasteiger partial charge in [-0.3, -0.25) is 0 Å². The van der Waals surface area contributed by atoms with Crippen LogP contribution in [0.1, 0.15) is 11.1 Å². The fourth-order valence-electron chi connectivity index (χ4n) is 3.15. The van der Waals surface area contributed by atoms with E-state index in [1.54, 1.807) is 10.6 Å². The van der Waals surface area contributed by atoms with Crippen LogP contribution in [0.2, 0.25) is 0 Å². The summed E-state index contributed by atoms with van der Waals surface area (Å²) < 4.78 is 43.5. The molecule has 6 heteroatoms. The number of hydrogen-bond acceptors (Lipinski definition) is 1. The van der Waals surface area contributed by atoms with E-state index in [9.17, 15) is 13.2 Å². The summed E-state index contributed by atoms with van der Waals surface area (Å²) in [5.41, 5.74) is 1.43. The van der Waals surface area contributed by atoms with E-state index < -0.39 is 11.7 Å². The zero-order valence-corrected chi connectivity index (χ0v) is 15.6. The molecule has 0 bridgehead atoms. The van der Waals surface area contributed by atoms with E-state index in [1.807, 2.05) is 54.6 Å². The molecule has 0 N–H and O–H groups in total. The van der Waals surface area contributed by atoms with Gasteiger partial charge in [-0.2, -0.15) is 13.2 Å². The summed E-state index contributed by atoms with van der Waals surface area (Å²) in [5.74, 6) is 0.512. The van der Waals surface area contributed by atoms with Crippen LogP contribution in [0.3, 0.4) is 0 Å². The Morgan fingerprint density at radius 1 is 0.852 bits per heavy atom. The Labute approximate surface area is 162 Å². The summed E-state index contributed by atoms with van der Waals surface area (Å²) in [6, 6.07) is 20.9. The molecular weight excluding hydrogens is 417 g/mol. The number of alkyl halides is 3. The fraction of sp³-hybridized carbons (Fsp3) is 0.0952. The third kappa shape index (κ3) is 3.49. The minimum Gasteiger partial charge on any atom is -0.319 e. The topological polar surface area (TPSA) is 17.8 Å². The highest BCUT2D eigenvalue weighted by Crippen LogP contribution is 2.37. The van der Waals surface area contributed by atoms with E-state index in [4.69, 9.17) is 0 Å². The molecule has 2 nitrogen and oxygen atoms in total. The maximum absolute atomic E-state index is 13.7. The van der Waals surface area contributed by atoms with Gasteiger partial charge in [0.15, 0.2) is 0 Å². The Hall–Kier alpha value is -2.60. The van der Waals surface area contributed by atoms with Crippen molar-refractivity contribution in [1.29, 1.82) is 0 Å². The number of imidazole rings is 1. The molecule has 136 valence electrons. The van der Waals surface area contributed by atoms with Crippen molar-refractivity contribution in [3.63, 3.8) is 0 Å². The molecule has 3 aromatic carbocycles. The first-order chi connectivity index (χ1) is 12.9. The van der Waals surface area contributed by atoms with Crippen LogP contribution in [0.5, 0.6) is 0 Å². The average Bonchev–Trinajstić information content (AvgIpc) is 3.01. The maximum Gasteiger partial charge on any atom is 0.418 e. The standard InChI is InChI=1S/C21H14BrF3N2/c22-16-11-9-15(10-12-16)20-26-18-8-4-7-17(21(23,24)25)19(18)27(20)13-14-5-2-1-3-6-14/h1-12H,13H2. The highest BCUT2D eigenvalue weighted by Gasteiger charge is 2.34. The van der Waals surface area contributed by atoms with Gasteiger partial charge in [-0.05, 0) is 29.8 Å². The molecule has 0 aliphatic rings. The van der Waals surface area contributed by atoms with Crippen LogP contribution in [0.15, 0.2) is 77.3 Å². The molecule has 1 heterocycles. The molecule has 0 atom stereocenters. The van der Waals surface area contributed by atoms with Gasteiger partial charge in [0.05, 0.1) is 16.6 Å². The van der Waals surface area contributed by atoms with Gasteiger partial charge >= 0.3 is 6.18 Å². The number of aromatic nitrogens is 2. The molecular formula is C21H14BrF3N2. The zero-order valence-electron chi connectivity index (χ0n) is 14.0. The van der Waals surface area contributed by atoms with Crippen LogP contribution in [-0.4, -0.2) is 9.55 Å². The zero-order chi connectivity index (χ0) is 19.0. The maximum atomic E-state index is 13.7. The SMILES string of the molecule is FC(F)(F)c1cccc2nc(-c3ccc(Br)cc3)n(Cc3ccccc3)c12. The van der Waals surface area contributed by atoms with Crippen LogP contribution in [0, 0.1) is 0 Å². The molecule has 0 saturated heterocycles. The van der Waals surface area contributed by atoms with Crippen LogP contribution in [0.25, 0.3) is 22.4 Å². The van der Waals surface area contributed by atoms with E-state index in [2.05, 4.69) is 20.9 Å². The van der Waals surface area contributed by atoms with Crippen molar-refractivity contribution in [2.24, 2.45) is 0 Å². The first kappa shape index (κ1) is 17.8. The molecule has 0 saturated carbocycles. The molecule has 0 amide bonds. The second-order valence-corrected chi connectivity index (χ2v) is 7.10. The third-order valence-corrected chi connectivity index (χ3v) is 4.89. The normalized spacial score (nSPS) is 11.9. The minimum absolute atomic E-state index is 0.103. The summed E-state index contributed by atoms with van der Waals surface area (Å²) in [4.78, 5) is 4.53. The smallest absolute Gasteiger partial charge is 0.319 e. The van der Waals surface area contributed by atoms with Crippen molar-refractivity contribution in [2.45, 2.75) is 12.7 Å².